The van der Waals surface area contributed by atoms with Crippen LogP contribution < -0.4 is 0 Å². The molecule has 0 saturated heterocycles. The number of allylic oxidation sites excluding steroid dienone is 1. The highest BCUT2D eigenvalue weighted by atomic mass is 79.9. The van der Waals surface area contributed by atoms with Gasteiger partial charge in [-0.2, -0.15) is 0 Å². The molecule has 2 atom stereocenters. The fourth-order valence-electron chi connectivity index (χ4n) is 2.84. The normalized spacial score (nSPS) is 29.2. The average molecular weight is 335 g/mol. The zero-order chi connectivity index (χ0) is 14.9. The van der Waals surface area contributed by atoms with Crippen molar-refractivity contribution in [1.82, 2.24) is 0 Å². The summed E-state index contributed by atoms with van der Waals surface area (Å²) in [5.74, 6) is 1.09. The number of hydrogen-bond acceptors (Lipinski definition) is 1. The summed E-state index contributed by atoms with van der Waals surface area (Å²) < 4.78 is 1.06. The van der Waals surface area contributed by atoms with Crippen molar-refractivity contribution in [2.75, 3.05) is 0 Å². The van der Waals surface area contributed by atoms with E-state index < -0.39 is 0 Å². The van der Waals surface area contributed by atoms with Crippen LogP contribution in [0.5, 0.6) is 0 Å². The van der Waals surface area contributed by atoms with E-state index in [1.54, 1.807) is 0 Å². The smallest absolute Gasteiger partial charge is 0.165 e. The van der Waals surface area contributed by atoms with Gasteiger partial charge in [0.1, 0.15) is 0 Å². The Balaban J connectivity index is 2.37. The lowest BCUT2D eigenvalue weighted by atomic mass is 9.63. The van der Waals surface area contributed by atoms with Crippen molar-refractivity contribution < 1.29 is 4.79 Å². The van der Waals surface area contributed by atoms with Crippen LogP contribution in [0.25, 0.3) is 6.08 Å². The van der Waals surface area contributed by atoms with Gasteiger partial charge in [-0.1, -0.05) is 55.8 Å². The van der Waals surface area contributed by atoms with Crippen LogP contribution in [-0.4, -0.2) is 5.78 Å². The first-order valence-electron chi connectivity index (χ1n) is 7.36. The molecule has 1 fully saturated rings. The molecule has 0 aromatic heterocycles. The number of rotatable bonds is 2. The standard InChI is InChI=1S/C18H23BrO/c1-12(2)18(4)10-9-13(3)16(17(18)20)11-14-5-7-15(19)8-6-14/h5-8,11-13H,9-10H2,1-4H3/t13-,18-/m1/s1. The van der Waals surface area contributed by atoms with Gasteiger partial charge in [0.25, 0.3) is 0 Å². The molecule has 0 unspecified atom stereocenters. The van der Waals surface area contributed by atoms with Crippen LogP contribution in [0.3, 0.4) is 0 Å². The quantitative estimate of drug-likeness (QED) is 0.653. The van der Waals surface area contributed by atoms with Gasteiger partial charge >= 0.3 is 0 Å². The van der Waals surface area contributed by atoms with Crippen LogP contribution >= 0.6 is 15.9 Å². The maximum atomic E-state index is 12.9. The first-order valence-corrected chi connectivity index (χ1v) is 8.16. The van der Waals surface area contributed by atoms with Crippen LogP contribution in [0.2, 0.25) is 0 Å². The Morgan fingerprint density at radius 2 is 1.90 bits per heavy atom. The van der Waals surface area contributed by atoms with Gasteiger partial charge in [-0.3, -0.25) is 4.79 Å². The molecule has 1 aromatic carbocycles. The highest BCUT2D eigenvalue weighted by Crippen LogP contribution is 2.44. The predicted octanol–water partition coefficient (Wildman–Crippen LogP) is 5.49. The lowest BCUT2D eigenvalue weighted by molar-refractivity contribution is -0.129. The summed E-state index contributed by atoms with van der Waals surface area (Å²) in [7, 11) is 0. The summed E-state index contributed by atoms with van der Waals surface area (Å²) in [5.41, 5.74) is 1.90. The second-order valence-electron chi connectivity index (χ2n) is 6.49. The van der Waals surface area contributed by atoms with Gasteiger partial charge in [-0.05, 0) is 54.0 Å². The van der Waals surface area contributed by atoms with Crippen molar-refractivity contribution >= 4 is 27.8 Å². The molecule has 1 aliphatic carbocycles. The van der Waals surface area contributed by atoms with Crippen LogP contribution in [0, 0.1) is 17.3 Å². The van der Waals surface area contributed by atoms with Crippen molar-refractivity contribution in [3.8, 4) is 0 Å². The van der Waals surface area contributed by atoms with E-state index in [1.165, 1.54) is 0 Å². The topological polar surface area (TPSA) is 17.1 Å². The Kier molecular flexibility index (Phi) is 4.53. The maximum Gasteiger partial charge on any atom is 0.165 e. The summed E-state index contributed by atoms with van der Waals surface area (Å²) in [5, 5.41) is 0. The third kappa shape index (κ3) is 2.90. The molecule has 108 valence electrons. The van der Waals surface area contributed by atoms with Gasteiger partial charge in [-0.25, -0.2) is 0 Å². The van der Waals surface area contributed by atoms with Crippen LogP contribution in [-0.2, 0) is 4.79 Å². The highest BCUT2D eigenvalue weighted by Gasteiger charge is 2.42. The van der Waals surface area contributed by atoms with E-state index in [1.807, 2.05) is 12.1 Å². The van der Waals surface area contributed by atoms with Gasteiger partial charge in [-0.15, -0.1) is 0 Å². The fourth-order valence-corrected chi connectivity index (χ4v) is 3.10. The highest BCUT2D eigenvalue weighted by molar-refractivity contribution is 9.10. The molecule has 20 heavy (non-hydrogen) atoms. The van der Waals surface area contributed by atoms with E-state index in [-0.39, 0.29) is 5.41 Å². The van der Waals surface area contributed by atoms with Crippen molar-refractivity contribution in [3.63, 3.8) is 0 Å². The van der Waals surface area contributed by atoms with Gasteiger partial charge in [0.15, 0.2) is 5.78 Å². The third-order valence-corrected chi connectivity index (χ3v) is 5.40. The summed E-state index contributed by atoms with van der Waals surface area (Å²) in [6, 6.07) is 8.15. The molecule has 0 aliphatic heterocycles. The van der Waals surface area contributed by atoms with Gasteiger partial charge < -0.3 is 0 Å². The van der Waals surface area contributed by atoms with Crippen molar-refractivity contribution in [1.29, 1.82) is 0 Å². The Morgan fingerprint density at radius 3 is 2.45 bits per heavy atom. The minimum absolute atomic E-state index is 0.201. The SMILES string of the molecule is CC(C)[C@@]1(C)CC[C@@H](C)C(=Cc2ccc(Br)cc2)C1=O. The molecule has 0 N–H and O–H groups in total. The molecule has 0 radical (unpaired) electrons. The Morgan fingerprint density at radius 1 is 1.30 bits per heavy atom. The average Bonchev–Trinajstić information content (AvgIpc) is 2.41. The molecule has 0 spiro atoms. The first-order chi connectivity index (χ1) is 9.34. The third-order valence-electron chi connectivity index (χ3n) is 4.87. The van der Waals surface area contributed by atoms with Crippen molar-refractivity contribution in [2.24, 2.45) is 17.3 Å². The van der Waals surface area contributed by atoms with Crippen LogP contribution in [0.15, 0.2) is 34.3 Å². The lowest BCUT2D eigenvalue weighted by Crippen LogP contribution is -2.40. The molecule has 0 amide bonds. The van der Waals surface area contributed by atoms with E-state index in [4.69, 9.17) is 0 Å². The first kappa shape index (κ1) is 15.5. The molecular formula is C18H23BrO. The summed E-state index contributed by atoms with van der Waals surface area (Å²) in [4.78, 5) is 12.9. The molecule has 1 aliphatic rings. The molecular weight excluding hydrogens is 312 g/mol. The van der Waals surface area contributed by atoms with Gasteiger partial charge in [0.2, 0.25) is 0 Å². The van der Waals surface area contributed by atoms with Gasteiger partial charge in [0, 0.05) is 9.89 Å². The monoisotopic (exact) mass is 334 g/mol. The summed E-state index contributed by atoms with van der Waals surface area (Å²) in [6.45, 7) is 8.61. The second-order valence-corrected chi connectivity index (χ2v) is 7.41. The second kappa shape index (κ2) is 5.85. The zero-order valence-electron chi connectivity index (χ0n) is 12.7. The summed E-state index contributed by atoms with van der Waals surface area (Å²) >= 11 is 3.44. The van der Waals surface area contributed by atoms with Crippen LogP contribution in [0.4, 0.5) is 0 Å². The summed E-state index contributed by atoms with van der Waals surface area (Å²) in [6.07, 6.45) is 4.18. The van der Waals surface area contributed by atoms with E-state index in [9.17, 15) is 4.79 Å². The van der Waals surface area contributed by atoms with E-state index >= 15 is 0 Å². The Hall–Kier alpha value is -0.890. The van der Waals surface area contributed by atoms with Crippen LogP contribution in [0.1, 0.15) is 46.1 Å². The molecule has 0 heterocycles. The van der Waals surface area contributed by atoms with E-state index in [0.717, 1.165) is 28.5 Å². The fraction of sp³-hybridized carbons (Fsp3) is 0.500. The minimum Gasteiger partial charge on any atom is -0.294 e. The maximum absolute atomic E-state index is 12.9. The van der Waals surface area contributed by atoms with Crippen molar-refractivity contribution in [2.45, 2.75) is 40.5 Å². The number of carbonyl (C=O) groups excluding carboxylic acids is 1. The van der Waals surface area contributed by atoms with Crippen molar-refractivity contribution in [3.05, 3.63) is 39.9 Å². The molecule has 2 rings (SSSR count). The lowest BCUT2D eigenvalue weighted by Gasteiger charge is -2.39. The predicted molar refractivity (Wildman–Crippen MR) is 88.5 cm³/mol. The number of halogens is 1. The zero-order valence-corrected chi connectivity index (χ0v) is 14.3. The Labute approximate surface area is 130 Å². The molecule has 1 aromatic rings. The number of hydrogen-bond donors (Lipinski definition) is 0. The number of Topliss-reactive ketones (excluding diaryl/α,β-unsaturated/α-hetero) is 1. The largest absolute Gasteiger partial charge is 0.294 e. The molecule has 0 bridgehead atoms. The van der Waals surface area contributed by atoms with E-state index in [0.29, 0.717) is 17.6 Å². The molecule has 1 nitrogen and oxygen atoms in total. The van der Waals surface area contributed by atoms with Gasteiger partial charge in [0.05, 0.1) is 0 Å². The number of carbonyl (C=O) groups is 1. The Bertz CT molecular complexity index is 527. The minimum atomic E-state index is -0.201. The number of ketones is 1. The molecule has 1 saturated carbocycles. The number of benzene rings is 1. The molecule has 2 heteroatoms. The van der Waals surface area contributed by atoms with E-state index in [2.05, 4.69) is 61.8 Å².